The molecule has 4 unspecified atom stereocenters. The molecule has 0 radical (unpaired) electrons. The van der Waals surface area contributed by atoms with Crippen LogP contribution in [0.3, 0.4) is 0 Å². The van der Waals surface area contributed by atoms with E-state index < -0.39 is 0 Å². The zero-order valence-corrected chi connectivity index (χ0v) is 19.5. The maximum absolute atomic E-state index is 4.82. The van der Waals surface area contributed by atoms with Crippen LogP contribution in [-0.2, 0) is 0 Å². The third-order valence-corrected chi connectivity index (χ3v) is 14.0. The Morgan fingerprint density at radius 2 is 1.45 bits per heavy atom. The lowest BCUT2D eigenvalue weighted by atomic mass is 9.92. The normalized spacial score (nSPS) is 39.8. The van der Waals surface area contributed by atoms with Gasteiger partial charge in [0.25, 0.3) is 0 Å². The summed E-state index contributed by atoms with van der Waals surface area (Å²) >= 11 is 27.0. The van der Waals surface area contributed by atoms with Gasteiger partial charge in [-0.15, -0.1) is 0 Å². The lowest BCUT2D eigenvalue weighted by Crippen LogP contribution is -2.59. The fraction of sp³-hybridized carbons (Fsp3) is 1.00. The Morgan fingerprint density at radius 1 is 0.818 bits per heavy atom. The van der Waals surface area contributed by atoms with Crippen molar-refractivity contribution >= 4 is 97.6 Å². The van der Waals surface area contributed by atoms with Crippen LogP contribution in [-0.4, -0.2) is 66.0 Å². The van der Waals surface area contributed by atoms with Crippen molar-refractivity contribution in [3.8, 4) is 0 Å². The van der Waals surface area contributed by atoms with E-state index in [1.165, 1.54) is 35.9 Å². The molecule has 8 heteroatoms. The molecule has 0 nitrogen and oxygen atoms in total. The molecule has 2 aliphatic heterocycles. The van der Waals surface area contributed by atoms with Gasteiger partial charge in [0.2, 0.25) is 0 Å². The van der Waals surface area contributed by atoms with Crippen LogP contribution >= 0.6 is 97.6 Å². The third-order valence-electron chi connectivity index (χ3n) is 4.45. The summed E-state index contributed by atoms with van der Waals surface area (Å²) < 4.78 is 0.611. The minimum Gasteiger partial charge on any atom is -0.179 e. The lowest BCUT2D eigenvalue weighted by Gasteiger charge is -2.54. The second-order valence-corrected chi connectivity index (χ2v) is 12.8. The maximum atomic E-state index is 4.82. The molecule has 0 N–H and O–H groups in total. The van der Waals surface area contributed by atoms with E-state index in [9.17, 15) is 0 Å². The molecule has 0 aliphatic carbocycles. The molecule has 0 spiro atoms. The fourth-order valence-electron chi connectivity index (χ4n) is 2.92. The Bertz CT molecular complexity index is 321. The van der Waals surface area contributed by atoms with Gasteiger partial charge in [-0.2, -0.15) is 97.6 Å². The van der Waals surface area contributed by atoms with Crippen LogP contribution in [0.15, 0.2) is 0 Å². The molecule has 0 saturated carbocycles. The molecule has 22 heavy (non-hydrogen) atoms. The van der Waals surface area contributed by atoms with E-state index in [1.54, 1.807) is 0 Å². The number of rotatable bonds is 7. The topological polar surface area (TPSA) is 0 Å². The SMILES string of the molecule is SCCC1CSC(CCS)(C2(CS)CSC(CS)CS2)CS1. The molecular formula is C14H26S8. The third kappa shape index (κ3) is 4.74. The van der Waals surface area contributed by atoms with Gasteiger partial charge in [-0.1, -0.05) is 0 Å². The molecular weight excluding hydrogens is 425 g/mol. The predicted octanol–water partition coefficient (Wildman–Crippen LogP) is 4.66. The van der Waals surface area contributed by atoms with Crippen LogP contribution in [0.1, 0.15) is 12.8 Å². The Balaban J connectivity index is 2.12. The van der Waals surface area contributed by atoms with Crippen LogP contribution < -0.4 is 0 Å². The molecule has 130 valence electrons. The molecule has 0 aromatic heterocycles. The van der Waals surface area contributed by atoms with E-state index in [0.29, 0.717) is 10.00 Å². The van der Waals surface area contributed by atoms with Gasteiger partial charge in [-0.05, 0) is 24.3 Å². The fourth-order valence-corrected chi connectivity index (χ4v) is 13.0. The van der Waals surface area contributed by atoms with E-state index in [2.05, 4.69) is 84.9 Å². The van der Waals surface area contributed by atoms with E-state index >= 15 is 0 Å². The van der Waals surface area contributed by atoms with Gasteiger partial charge in [0, 0.05) is 54.5 Å². The molecule has 2 saturated heterocycles. The van der Waals surface area contributed by atoms with Crippen molar-refractivity contribution in [3.63, 3.8) is 0 Å². The highest BCUT2D eigenvalue weighted by molar-refractivity contribution is 8.11. The number of hydrogen-bond donors (Lipinski definition) is 4. The van der Waals surface area contributed by atoms with Crippen molar-refractivity contribution in [1.82, 2.24) is 0 Å². The summed E-state index contributed by atoms with van der Waals surface area (Å²) in [7, 11) is 0. The first-order valence-corrected chi connectivity index (χ1v) is 14.2. The standard InChI is InChI=1S/C14H26S8/c15-3-1-11-6-21-13(2-4-16,9-19-11)14(8-18)10-20-12(5-17)7-22-14/h11-12,15-18H,1-10H2. The first-order valence-electron chi connectivity index (χ1n) is 7.60. The second kappa shape index (κ2) is 10.2. The monoisotopic (exact) mass is 450 g/mol. The predicted molar refractivity (Wildman–Crippen MR) is 128 cm³/mol. The molecule has 0 aromatic rings. The first kappa shape index (κ1) is 21.1. The molecule has 2 fully saturated rings. The van der Waals surface area contributed by atoms with E-state index in [4.69, 9.17) is 12.6 Å². The van der Waals surface area contributed by atoms with Gasteiger partial charge < -0.3 is 0 Å². The van der Waals surface area contributed by atoms with Crippen LogP contribution in [0.25, 0.3) is 0 Å². The van der Waals surface area contributed by atoms with Crippen molar-refractivity contribution in [2.24, 2.45) is 0 Å². The van der Waals surface area contributed by atoms with Gasteiger partial charge in [0.1, 0.15) is 0 Å². The molecule has 0 aromatic carbocycles. The van der Waals surface area contributed by atoms with Crippen molar-refractivity contribution in [3.05, 3.63) is 0 Å². The van der Waals surface area contributed by atoms with Gasteiger partial charge >= 0.3 is 0 Å². The van der Waals surface area contributed by atoms with E-state index in [0.717, 1.165) is 28.3 Å². The molecule has 0 bridgehead atoms. The largest absolute Gasteiger partial charge is 0.179 e. The van der Waals surface area contributed by atoms with E-state index in [-0.39, 0.29) is 4.75 Å². The van der Waals surface area contributed by atoms with Crippen LogP contribution in [0.2, 0.25) is 0 Å². The zero-order chi connectivity index (χ0) is 16.1. The Kier molecular flexibility index (Phi) is 9.80. The average molecular weight is 451 g/mol. The van der Waals surface area contributed by atoms with Crippen LogP contribution in [0.4, 0.5) is 0 Å². The zero-order valence-electron chi connectivity index (χ0n) is 12.6. The minimum atomic E-state index is 0.284. The van der Waals surface area contributed by atoms with Crippen LogP contribution in [0.5, 0.6) is 0 Å². The summed E-state index contributed by atoms with van der Waals surface area (Å²) in [5.74, 6) is 8.88. The van der Waals surface area contributed by atoms with E-state index in [1.807, 2.05) is 0 Å². The highest BCUT2D eigenvalue weighted by Crippen LogP contribution is 2.57. The maximum Gasteiger partial charge on any atom is 0.0493 e. The highest BCUT2D eigenvalue weighted by Gasteiger charge is 2.54. The van der Waals surface area contributed by atoms with Crippen molar-refractivity contribution < 1.29 is 0 Å². The summed E-state index contributed by atoms with van der Waals surface area (Å²) in [6, 6.07) is 0. The van der Waals surface area contributed by atoms with Crippen molar-refractivity contribution in [2.45, 2.75) is 32.8 Å². The number of thiol groups is 4. The molecule has 2 rings (SSSR count). The van der Waals surface area contributed by atoms with Gasteiger partial charge in [0.15, 0.2) is 0 Å². The summed E-state index contributed by atoms with van der Waals surface area (Å²) in [5, 5.41) is 1.48. The first-order chi connectivity index (χ1) is 10.6. The average Bonchev–Trinajstić information content (AvgIpc) is 2.57. The Hall–Kier alpha value is 2.80. The highest BCUT2D eigenvalue weighted by atomic mass is 32.2. The van der Waals surface area contributed by atoms with Crippen molar-refractivity contribution in [1.29, 1.82) is 0 Å². The molecule has 2 heterocycles. The lowest BCUT2D eigenvalue weighted by molar-refractivity contribution is 0.514. The van der Waals surface area contributed by atoms with Gasteiger partial charge in [0.05, 0.1) is 0 Å². The smallest absolute Gasteiger partial charge is 0.0493 e. The number of thioether (sulfide) groups is 4. The molecule has 4 atom stereocenters. The van der Waals surface area contributed by atoms with Crippen LogP contribution in [0, 0.1) is 0 Å². The molecule has 0 amide bonds. The van der Waals surface area contributed by atoms with Crippen molar-refractivity contribution in [2.75, 3.05) is 46.0 Å². The second-order valence-electron chi connectivity index (χ2n) is 5.80. The number of hydrogen-bond acceptors (Lipinski definition) is 8. The summed E-state index contributed by atoms with van der Waals surface area (Å²) in [5.41, 5.74) is 0. The quantitative estimate of drug-likeness (QED) is 0.416. The summed E-state index contributed by atoms with van der Waals surface area (Å²) in [6.07, 6.45) is 2.43. The minimum absolute atomic E-state index is 0.284. The summed E-state index contributed by atoms with van der Waals surface area (Å²) in [6.45, 7) is 0. The summed E-state index contributed by atoms with van der Waals surface area (Å²) in [4.78, 5) is 0. The Labute approximate surface area is 175 Å². The van der Waals surface area contributed by atoms with Gasteiger partial charge in [-0.3, -0.25) is 0 Å². The molecule has 2 aliphatic rings. The Morgan fingerprint density at radius 3 is 1.91 bits per heavy atom. The van der Waals surface area contributed by atoms with Gasteiger partial charge in [-0.25, -0.2) is 0 Å².